The molecule has 2 aromatic carbocycles. The zero-order chi connectivity index (χ0) is 16.6. The third kappa shape index (κ3) is 9.19. The van der Waals surface area contributed by atoms with Gasteiger partial charge in [-0.15, -0.1) is 7.77 Å². The van der Waals surface area contributed by atoms with Crippen molar-refractivity contribution in [2.75, 3.05) is 0 Å². The SMILES string of the molecule is O=S(=O)(F)Cc1ccccc1.O=S(=O)(F)Cc1ccccc1. The molecule has 0 N–H and O–H groups in total. The number of benzene rings is 2. The monoisotopic (exact) mass is 348 g/mol. The smallest absolute Gasteiger partial charge is 0.194 e. The van der Waals surface area contributed by atoms with E-state index in [-0.39, 0.29) is 0 Å². The fraction of sp³-hybridized carbons (Fsp3) is 0.143. The fourth-order valence-corrected chi connectivity index (χ4v) is 2.73. The van der Waals surface area contributed by atoms with Crippen molar-refractivity contribution in [1.82, 2.24) is 0 Å². The molecule has 0 aliphatic rings. The van der Waals surface area contributed by atoms with Crippen LogP contribution < -0.4 is 0 Å². The minimum Gasteiger partial charge on any atom is -0.194 e. The van der Waals surface area contributed by atoms with Crippen LogP contribution in [0.2, 0.25) is 0 Å². The van der Waals surface area contributed by atoms with Crippen molar-refractivity contribution in [1.29, 1.82) is 0 Å². The highest BCUT2D eigenvalue weighted by molar-refractivity contribution is 7.85. The van der Waals surface area contributed by atoms with Crippen LogP contribution in [0.15, 0.2) is 60.7 Å². The first-order valence-electron chi connectivity index (χ1n) is 6.08. The first-order valence-corrected chi connectivity index (χ1v) is 9.19. The fourth-order valence-electron chi connectivity index (χ4n) is 1.55. The summed E-state index contributed by atoms with van der Waals surface area (Å²) >= 11 is 0. The molecule has 0 bridgehead atoms. The first-order chi connectivity index (χ1) is 10.2. The van der Waals surface area contributed by atoms with Crippen molar-refractivity contribution in [3.8, 4) is 0 Å². The highest BCUT2D eigenvalue weighted by Crippen LogP contribution is 2.06. The van der Waals surface area contributed by atoms with Gasteiger partial charge in [-0.3, -0.25) is 0 Å². The predicted octanol–water partition coefficient (Wildman–Crippen LogP) is 2.97. The van der Waals surface area contributed by atoms with Crippen LogP contribution in [0.5, 0.6) is 0 Å². The van der Waals surface area contributed by atoms with Gasteiger partial charge in [0, 0.05) is 0 Å². The van der Waals surface area contributed by atoms with Gasteiger partial charge in [0.2, 0.25) is 0 Å². The van der Waals surface area contributed by atoms with E-state index in [0.717, 1.165) is 0 Å². The molecule has 0 radical (unpaired) electrons. The maximum Gasteiger partial charge on any atom is 0.306 e. The highest BCUT2D eigenvalue weighted by Gasteiger charge is 2.07. The lowest BCUT2D eigenvalue weighted by atomic mass is 10.2. The van der Waals surface area contributed by atoms with Crippen molar-refractivity contribution >= 4 is 20.4 Å². The predicted molar refractivity (Wildman–Crippen MR) is 80.3 cm³/mol. The van der Waals surface area contributed by atoms with E-state index in [4.69, 9.17) is 0 Å². The average Bonchev–Trinajstić information content (AvgIpc) is 2.38. The lowest BCUT2D eigenvalue weighted by Gasteiger charge is -1.93. The Labute approximate surface area is 128 Å². The van der Waals surface area contributed by atoms with Crippen molar-refractivity contribution in [3.05, 3.63) is 71.8 Å². The molecule has 0 saturated carbocycles. The molecule has 0 aliphatic carbocycles. The van der Waals surface area contributed by atoms with Gasteiger partial charge in [0.05, 0.1) is 0 Å². The highest BCUT2D eigenvalue weighted by atomic mass is 32.3. The molecule has 22 heavy (non-hydrogen) atoms. The van der Waals surface area contributed by atoms with Gasteiger partial charge in [0.25, 0.3) is 0 Å². The van der Waals surface area contributed by atoms with Crippen LogP contribution in [0.4, 0.5) is 7.77 Å². The molecule has 0 saturated heterocycles. The lowest BCUT2D eigenvalue weighted by molar-refractivity contribution is 0.548. The second-order valence-electron chi connectivity index (χ2n) is 4.34. The molecule has 0 atom stereocenters. The quantitative estimate of drug-likeness (QED) is 0.797. The number of hydrogen-bond donors (Lipinski definition) is 0. The topological polar surface area (TPSA) is 68.3 Å². The molecule has 0 heterocycles. The van der Waals surface area contributed by atoms with Gasteiger partial charge < -0.3 is 0 Å². The van der Waals surface area contributed by atoms with E-state index < -0.39 is 32.0 Å². The van der Waals surface area contributed by atoms with E-state index in [2.05, 4.69) is 0 Å². The second kappa shape index (κ2) is 8.00. The number of hydrogen-bond acceptors (Lipinski definition) is 4. The van der Waals surface area contributed by atoms with Crippen LogP contribution >= 0.6 is 0 Å². The average molecular weight is 348 g/mol. The molecular formula is C14H14F2O4S2. The zero-order valence-electron chi connectivity index (χ0n) is 11.4. The van der Waals surface area contributed by atoms with Crippen molar-refractivity contribution in [2.24, 2.45) is 0 Å². The molecule has 8 heteroatoms. The summed E-state index contributed by atoms with van der Waals surface area (Å²) < 4.78 is 64.6. The molecule has 2 rings (SSSR count). The van der Waals surface area contributed by atoms with E-state index in [9.17, 15) is 24.6 Å². The van der Waals surface area contributed by atoms with E-state index in [1.54, 1.807) is 60.7 Å². The Hall–Kier alpha value is -1.80. The lowest BCUT2D eigenvalue weighted by Crippen LogP contribution is -1.94. The van der Waals surface area contributed by atoms with Crippen molar-refractivity contribution in [2.45, 2.75) is 11.5 Å². The maximum absolute atomic E-state index is 12.0. The minimum absolute atomic E-state index is 0.468. The normalized spacial score (nSPS) is 11.4. The van der Waals surface area contributed by atoms with Gasteiger partial charge in [0.15, 0.2) is 0 Å². The molecular weight excluding hydrogens is 334 g/mol. The summed E-state index contributed by atoms with van der Waals surface area (Å²) in [5, 5.41) is 0. The van der Waals surface area contributed by atoms with E-state index >= 15 is 0 Å². The Morgan fingerprint density at radius 3 is 1.09 bits per heavy atom. The molecule has 0 spiro atoms. The summed E-state index contributed by atoms with van der Waals surface area (Å²) in [4.78, 5) is 0. The summed E-state index contributed by atoms with van der Waals surface area (Å²) in [5.74, 6) is -1.07. The molecule has 0 amide bonds. The molecule has 0 aromatic heterocycles. The first kappa shape index (κ1) is 18.2. The Kier molecular flexibility index (Phi) is 6.63. The van der Waals surface area contributed by atoms with Crippen molar-refractivity contribution in [3.63, 3.8) is 0 Å². The largest absolute Gasteiger partial charge is 0.306 e. The summed E-state index contributed by atoms with van der Waals surface area (Å²) in [6.07, 6.45) is 0. The van der Waals surface area contributed by atoms with E-state index in [1.807, 2.05) is 0 Å². The number of halogens is 2. The van der Waals surface area contributed by atoms with E-state index in [1.165, 1.54) is 0 Å². The van der Waals surface area contributed by atoms with Crippen LogP contribution in [0, 0.1) is 0 Å². The summed E-state index contributed by atoms with van der Waals surface area (Å²) in [6.45, 7) is 0. The molecule has 0 unspecified atom stereocenters. The standard InChI is InChI=1S/2C7H7FO2S/c2*8-11(9,10)6-7-4-2-1-3-5-7/h2*1-5H,6H2. The van der Waals surface area contributed by atoms with Crippen LogP contribution in [0.1, 0.15) is 11.1 Å². The molecule has 4 nitrogen and oxygen atoms in total. The molecule has 2 aromatic rings. The van der Waals surface area contributed by atoms with Crippen LogP contribution in [0.25, 0.3) is 0 Å². The second-order valence-corrected chi connectivity index (χ2v) is 7.07. The van der Waals surface area contributed by atoms with E-state index in [0.29, 0.717) is 11.1 Å². The Balaban J connectivity index is 0.000000220. The molecule has 0 fully saturated rings. The van der Waals surface area contributed by atoms with Gasteiger partial charge in [-0.05, 0) is 11.1 Å². The van der Waals surface area contributed by atoms with Gasteiger partial charge in [-0.25, -0.2) is 0 Å². The Bertz CT molecular complexity index is 705. The third-order valence-corrected chi connectivity index (χ3v) is 3.72. The summed E-state index contributed by atoms with van der Waals surface area (Å²) in [5.41, 5.74) is 0.935. The van der Waals surface area contributed by atoms with Gasteiger partial charge in [-0.1, -0.05) is 60.7 Å². The van der Waals surface area contributed by atoms with Gasteiger partial charge in [0.1, 0.15) is 11.5 Å². The molecule has 120 valence electrons. The van der Waals surface area contributed by atoms with Gasteiger partial charge >= 0.3 is 20.4 Å². The zero-order valence-corrected chi connectivity index (χ0v) is 13.0. The van der Waals surface area contributed by atoms with Gasteiger partial charge in [-0.2, -0.15) is 16.8 Å². The maximum atomic E-state index is 12.0. The minimum atomic E-state index is -4.38. The van der Waals surface area contributed by atoms with Crippen LogP contribution in [-0.2, 0) is 32.0 Å². The van der Waals surface area contributed by atoms with Crippen LogP contribution in [-0.4, -0.2) is 16.8 Å². The Morgan fingerprint density at radius 1 is 0.591 bits per heavy atom. The number of rotatable bonds is 4. The Morgan fingerprint density at radius 2 is 0.864 bits per heavy atom. The van der Waals surface area contributed by atoms with Crippen LogP contribution in [0.3, 0.4) is 0 Å². The molecule has 0 aliphatic heterocycles. The third-order valence-electron chi connectivity index (χ3n) is 2.36. The summed E-state index contributed by atoms with van der Waals surface area (Å²) in [7, 11) is -8.75. The summed E-state index contributed by atoms with van der Waals surface area (Å²) in [6, 6.07) is 16.4. The van der Waals surface area contributed by atoms with Crippen molar-refractivity contribution < 1.29 is 24.6 Å².